The van der Waals surface area contributed by atoms with Crippen LogP contribution in [0.2, 0.25) is 5.02 Å². The predicted octanol–water partition coefficient (Wildman–Crippen LogP) is 3.10. The fourth-order valence-electron chi connectivity index (χ4n) is 1.84. The normalized spacial score (nSPS) is 10.2. The molecule has 2 rings (SSSR count). The first-order valence-electron chi connectivity index (χ1n) is 6.36. The smallest absolute Gasteiger partial charge is 0.337 e. The summed E-state index contributed by atoms with van der Waals surface area (Å²) in [7, 11) is 1.63. The Morgan fingerprint density at radius 1 is 1.43 bits per heavy atom. The standard InChI is InChI=1S/C15H15ClN2O3/c1-21-12-4-2-3-10(7-12)5-6-17-14-13(16)8-11(9-18-14)15(19)20/h2-4,7-9H,5-6H2,1H3,(H,17,18)(H,19,20). The number of anilines is 1. The van der Waals surface area contributed by atoms with E-state index in [-0.39, 0.29) is 5.56 Å². The number of hydrogen-bond donors (Lipinski definition) is 2. The van der Waals surface area contributed by atoms with Gasteiger partial charge in [-0.2, -0.15) is 0 Å². The summed E-state index contributed by atoms with van der Waals surface area (Å²) in [6.07, 6.45) is 2.05. The Labute approximate surface area is 127 Å². The second-order valence-corrected chi connectivity index (χ2v) is 4.80. The van der Waals surface area contributed by atoms with E-state index in [0.29, 0.717) is 17.4 Å². The number of rotatable bonds is 6. The van der Waals surface area contributed by atoms with Gasteiger partial charge in [-0.15, -0.1) is 0 Å². The minimum absolute atomic E-state index is 0.0679. The zero-order chi connectivity index (χ0) is 15.2. The lowest BCUT2D eigenvalue weighted by Crippen LogP contribution is -2.08. The highest BCUT2D eigenvalue weighted by Crippen LogP contribution is 2.20. The van der Waals surface area contributed by atoms with Crippen molar-refractivity contribution in [3.8, 4) is 5.75 Å². The van der Waals surface area contributed by atoms with Gasteiger partial charge in [0, 0.05) is 12.7 Å². The third-order valence-electron chi connectivity index (χ3n) is 2.93. The van der Waals surface area contributed by atoms with Crippen molar-refractivity contribution < 1.29 is 14.6 Å². The number of halogens is 1. The van der Waals surface area contributed by atoms with Crippen LogP contribution in [-0.2, 0) is 6.42 Å². The zero-order valence-electron chi connectivity index (χ0n) is 11.5. The van der Waals surface area contributed by atoms with E-state index in [1.807, 2.05) is 24.3 Å². The maximum absolute atomic E-state index is 10.8. The molecule has 0 aliphatic heterocycles. The Morgan fingerprint density at radius 3 is 2.90 bits per heavy atom. The molecule has 0 aliphatic rings. The van der Waals surface area contributed by atoms with Gasteiger partial charge in [-0.3, -0.25) is 0 Å². The minimum Gasteiger partial charge on any atom is -0.497 e. The molecule has 2 N–H and O–H groups in total. The van der Waals surface area contributed by atoms with E-state index in [4.69, 9.17) is 21.4 Å². The van der Waals surface area contributed by atoms with Crippen LogP contribution in [0.5, 0.6) is 5.75 Å². The van der Waals surface area contributed by atoms with E-state index in [1.54, 1.807) is 7.11 Å². The van der Waals surface area contributed by atoms with Crippen LogP contribution in [0.1, 0.15) is 15.9 Å². The van der Waals surface area contributed by atoms with Gasteiger partial charge in [0.15, 0.2) is 0 Å². The molecule has 1 aromatic heterocycles. The molecule has 0 bridgehead atoms. The Bertz CT molecular complexity index is 647. The molecule has 0 spiro atoms. The molecule has 1 heterocycles. The summed E-state index contributed by atoms with van der Waals surface area (Å²) in [6.45, 7) is 0.631. The summed E-state index contributed by atoms with van der Waals surface area (Å²) < 4.78 is 5.16. The lowest BCUT2D eigenvalue weighted by molar-refractivity contribution is 0.0696. The van der Waals surface area contributed by atoms with Crippen molar-refractivity contribution in [1.82, 2.24) is 4.98 Å². The van der Waals surface area contributed by atoms with Crippen LogP contribution in [0.3, 0.4) is 0 Å². The lowest BCUT2D eigenvalue weighted by Gasteiger charge is -2.08. The van der Waals surface area contributed by atoms with Crippen molar-refractivity contribution in [1.29, 1.82) is 0 Å². The van der Waals surface area contributed by atoms with Crippen LogP contribution in [-0.4, -0.2) is 29.7 Å². The van der Waals surface area contributed by atoms with Gasteiger partial charge in [0.2, 0.25) is 0 Å². The van der Waals surface area contributed by atoms with Gasteiger partial charge in [0.1, 0.15) is 11.6 Å². The summed E-state index contributed by atoms with van der Waals surface area (Å²) in [4.78, 5) is 14.8. The summed E-state index contributed by atoms with van der Waals surface area (Å²) in [6, 6.07) is 9.17. The monoisotopic (exact) mass is 306 g/mol. The fraction of sp³-hybridized carbons (Fsp3) is 0.200. The van der Waals surface area contributed by atoms with Crippen LogP contribution < -0.4 is 10.1 Å². The molecule has 1 aromatic carbocycles. The average Bonchev–Trinajstić information content (AvgIpc) is 2.49. The van der Waals surface area contributed by atoms with Crippen molar-refractivity contribution >= 4 is 23.4 Å². The SMILES string of the molecule is COc1cccc(CCNc2ncc(C(=O)O)cc2Cl)c1. The second kappa shape index (κ2) is 6.95. The largest absolute Gasteiger partial charge is 0.497 e. The molecule has 0 unspecified atom stereocenters. The fourth-order valence-corrected chi connectivity index (χ4v) is 2.07. The quantitative estimate of drug-likeness (QED) is 0.858. The molecular formula is C15H15ClN2O3. The average molecular weight is 307 g/mol. The van der Waals surface area contributed by atoms with Crippen molar-refractivity contribution in [3.63, 3.8) is 0 Å². The van der Waals surface area contributed by atoms with Gasteiger partial charge in [-0.05, 0) is 30.2 Å². The van der Waals surface area contributed by atoms with Crippen molar-refractivity contribution in [3.05, 3.63) is 52.7 Å². The van der Waals surface area contributed by atoms with E-state index in [2.05, 4.69) is 10.3 Å². The second-order valence-electron chi connectivity index (χ2n) is 4.39. The molecule has 0 radical (unpaired) electrons. The van der Waals surface area contributed by atoms with Crippen LogP contribution in [0.4, 0.5) is 5.82 Å². The number of benzene rings is 1. The van der Waals surface area contributed by atoms with Gasteiger partial charge in [-0.25, -0.2) is 9.78 Å². The number of aromatic carboxylic acids is 1. The van der Waals surface area contributed by atoms with E-state index in [1.165, 1.54) is 12.3 Å². The van der Waals surface area contributed by atoms with Crippen LogP contribution >= 0.6 is 11.6 Å². The van der Waals surface area contributed by atoms with E-state index < -0.39 is 5.97 Å². The first-order chi connectivity index (χ1) is 10.1. The number of hydrogen-bond acceptors (Lipinski definition) is 4. The number of ether oxygens (including phenoxy) is 1. The van der Waals surface area contributed by atoms with Gasteiger partial charge in [0.05, 0.1) is 17.7 Å². The number of carbonyl (C=O) groups is 1. The highest BCUT2D eigenvalue weighted by molar-refractivity contribution is 6.33. The number of nitrogens with one attached hydrogen (secondary N) is 1. The summed E-state index contributed by atoms with van der Waals surface area (Å²) >= 11 is 5.99. The van der Waals surface area contributed by atoms with E-state index >= 15 is 0 Å². The number of pyridine rings is 1. The minimum atomic E-state index is -1.05. The van der Waals surface area contributed by atoms with Crippen molar-refractivity contribution in [2.24, 2.45) is 0 Å². The number of methoxy groups -OCH3 is 1. The molecule has 0 amide bonds. The molecule has 110 valence electrons. The zero-order valence-corrected chi connectivity index (χ0v) is 12.2. The molecule has 0 atom stereocenters. The number of carboxylic acids is 1. The van der Waals surface area contributed by atoms with Crippen LogP contribution in [0.25, 0.3) is 0 Å². The van der Waals surface area contributed by atoms with Crippen molar-refractivity contribution in [2.75, 3.05) is 19.0 Å². The van der Waals surface area contributed by atoms with E-state index in [0.717, 1.165) is 17.7 Å². The molecule has 5 nitrogen and oxygen atoms in total. The number of aromatic nitrogens is 1. The Morgan fingerprint density at radius 2 is 2.24 bits per heavy atom. The third kappa shape index (κ3) is 4.10. The van der Waals surface area contributed by atoms with Gasteiger partial charge in [-0.1, -0.05) is 23.7 Å². The third-order valence-corrected chi connectivity index (χ3v) is 3.22. The molecule has 21 heavy (non-hydrogen) atoms. The molecule has 2 aromatic rings. The van der Waals surface area contributed by atoms with Gasteiger partial charge < -0.3 is 15.2 Å². The number of nitrogens with zero attached hydrogens (tertiary/aromatic N) is 1. The highest BCUT2D eigenvalue weighted by Gasteiger charge is 2.08. The Hall–Kier alpha value is -2.27. The Kier molecular flexibility index (Phi) is 5.00. The molecule has 6 heteroatoms. The van der Waals surface area contributed by atoms with Gasteiger partial charge in [0.25, 0.3) is 0 Å². The Balaban J connectivity index is 1.95. The molecule has 0 aliphatic carbocycles. The molecule has 0 fully saturated rings. The maximum atomic E-state index is 10.8. The summed E-state index contributed by atoms with van der Waals surface area (Å²) in [5.74, 6) is 0.242. The summed E-state index contributed by atoms with van der Waals surface area (Å²) in [5.41, 5.74) is 1.19. The van der Waals surface area contributed by atoms with Gasteiger partial charge >= 0.3 is 5.97 Å². The predicted molar refractivity (Wildman–Crippen MR) is 81.4 cm³/mol. The molecular weight excluding hydrogens is 292 g/mol. The molecule has 0 saturated heterocycles. The lowest BCUT2D eigenvalue weighted by atomic mass is 10.1. The first-order valence-corrected chi connectivity index (χ1v) is 6.73. The number of carboxylic acid groups (broad SMARTS) is 1. The molecule has 0 saturated carbocycles. The van der Waals surface area contributed by atoms with Crippen molar-refractivity contribution in [2.45, 2.75) is 6.42 Å². The van der Waals surface area contributed by atoms with E-state index in [9.17, 15) is 4.79 Å². The topological polar surface area (TPSA) is 71.5 Å². The first kappa shape index (κ1) is 15.1. The van der Waals surface area contributed by atoms with Crippen LogP contribution in [0.15, 0.2) is 36.5 Å². The van der Waals surface area contributed by atoms with Crippen LogP contribution in [0, 0.1) is 0 Å². The highest BCUT2D eigenvalue weighted by atomic mass is 35.5. The summed E-state index contributed by atoms with van der Waals surface area (Å²) in [5, 5.41) is 12.2. The maximum Gasteiger partial charge on any atom is 0.337 e.